The van der Waals surface area contributed by atoms with E-state index in [9.17, 15) is 4.79 Å². The van der Waals surface area contributed by atoms with Gasteiger partial charge in [-0.05, 0) is 32.4 Å². The second-order valence-electron chi connectivity index (χ2n) is 4.18. The summed E-state index contributed by atoms with van der Waals surface area (Å²) in [7, 11) is 0. The number of nitrogens with one attached hydrogen (secondary N) is 1. The van der Waals surface area contributed by atoms with Gasteiger partial charge in [0.1, 0.15) is 0 Å². The van der Waals surface area contributed by atoms with Crippen LogP contribution >= 0.6 is 0 Å². The maximum Gasteiger partial charge on any atom is 0.234 e. The summed E-state index contributed by atoms with van der Waals surface area (Å²) in [6, 6.07) is 0.480. The van der Waals surface area contributed by atoms with Crippen LogP contribution in [0.15, 0.2) is 0 Å². The summed E-state index contributed by atoms with van der Waals surface area (Å²) in [5, 5.41) is 3.10. The summed E-state index contributed by atoms with van der Waals surface area (Å²) in [6.07, 6.45) is 6.21. The lowest BCUT2D eigenvalue weighted by molar-refractivity contribution is -0.123. The molecule has 1 aliphatic heterocycles. The average Bonchev–Trinajstić information content (AvgIpc) is 2.49. The molecule has 1 amide bonds. The smallest absolute Gasteiger partial charge is 0.234 e. The number of amides is 1. The Morgan fingerprint density at radius 3 is 2.46 bits per heavy atom. The highest BCUT2D eigenvalue weighted by atomic mass is 16.2. The van der Waals surface area contributed by atoms with Crippen molar-refractivity contribution >= 4 is 5.91 Å². The minimum Gasteiger partial charge on any atom is -0.352 e. The Balaban J connectivity index is 1.64. The van der Waals surface area contributed by atoms with Crippen molar-refractivity contribution in [3.63, 3.8) is 0 Å². The first-order valence-electron chi connectivity index (χ1n) is 5.36. The molecule has 3 nitrogen and oxygen atoms in total. The molecule has 0 aromatic rings. The molecule has 2 aliphatic rings. The summed E-state index contributed by atoms with van der Waals surface area (Å²) in [5.41, 5.74) is 0. The number of carbonyl (C=O) groups is 1. The van der Waals surface area contributed by atoms with Crippen LogP contribution in [-0.2, 0) is 4.79 Å². The van der Waals surface area contributed by atoms with Gasteiger partial charge in [-0.3, -0.25) is 9.69 Å². The van der Waals surface area contributed by atoms with Gasteiger partial charge in [-0.1, -0.05) is 12.8 Å². The van der Waals surface area contributed by atoms with E-state index in [1.807, 2.05) is 0 Å². The van der Waals surface area contributed by atoms with Crippen molar-refractivity contribution in [1.29, 1.82) is 0 Å². The highest BCUT2D eigenvalue weighted by Gasteiger charge is 2.20. The minimum atomic E-state index is 0.228. The molecule has 1 heterocycles. The highest BCUT2D eigenvalue weighted by Crippen LogP contribution is 2.17. The van der Waals surface area contributed by atoms with Crippen LogP contribution in [0.5, 0.6) is 0 Å². The van der Waals surface area contributed by atoms with Crippen molar-refractivity contribution in [1.82, 2.24) is 10.2 Å². The standard InChI is InChI=1S/C10H18N2O/c13-10(8-12-6-3-7-12)11-9-4-1-2-5-9/h9H,1-8H2,(H,11,13). The van der Waals surface area contributed by atoms with Gasteiger partial charge in [-0.2, -0.15) is 0 Å². The van der Waals surface area contributed by atoms with Gasteiger partial charge in [0.2, 0.25) is 5.91 Å². The first kappa shape index (κ1) is 9.00. The maximum absolute atomic E-state index is 11.4. The number of rotatable bonds is 3. The van der Waals surface area contributed by atoms with Gasteiger partial charge in [0.15, 0.2) is 0 Å². The van der Waals surface area contributed by atoms with Gasteiger partial charge in [0.05, 0.1) is 6.54 Å². The third kappa shape index (κ3) is 2.44. The normalized spacial score (nSPS) is 24.3. The highest BCUT2D eigenvalue weighted by molar-refractivity contribution is 5.78. The topological polar surface area (TPSA) is 32.3 Å². The van der Waals surface area contributed by atoms with E-state index >= 15 is 0 Å². The van der Waals surface area contributed by atoms with Crippen LogP contribution in [0.2, 0.25) is 0 Å². The van der Waals surface area contributed by atoms with Crippen molar-refractivity contribution in [2.45, 2.75) is 38.1 Å². The van der Waals surface area contributed by atoms with Crippen LogP contribution in [0.1, 0.15) is 32.1 Å². The molecule has 2 fully saturated rings. The molecule has 2 rings (SSSR count). The van der Waals surface area contributed by atoms with Gasteiger partial charge in [0, 0.05) is 6.04 Å². The first-order valence-corrected chi connectivity index (χ1v) is 5.36. The molecule has 74 valence electrons. The summed E-state index contributed by atoms with van der Waals surface area (Å²) >= 11 is 0. The van der Waals surface area contributed by atoms with E-state index in [0.717, 1.165) is 13.1 Å². The molecule has 1 saturated carbocycles. The largest absolute Gasteiger partial charge is 0.352 e. The van der Waals surface area contributed by atoms with Crippen LogP contribution in [0.3, 0.4) is 0 Å². The van der Waals surface area contributed by atoms with Crippen LogP contribution in [-0.4, -0.2) is 36.5 Å². The molecular formula is C10H18N2O. The van der Waals surface area contributed by atoms with Gasteiger partial charge in [-0.25, -0.2) is 0 Å². The molecule has 3 heteroatoms. The van der Waals surface area contributed by atoms with Crippen LogP contribution in [0.4, 0.5) is 0 Å². The Morgan fingerprint density at radius 1 is 1.23 bits per heavy atom. The molecule has 1 N–H and O–H groups in total. The fourth-order valence-electron chi connectivity index (χ4n) is 2.09. The summed E-state index contributed by atoms with van der Waals surface area (Å²) in [6.45, 7) is 2.84. The van der Waals surface area contributed by atoms with E-state index in [0.29, 0.717) is 12.6 Å². The van der Waals surface area contributed by atoms with E-state index in [1.165, 1.54) is 32.1 Å². The Bertz CT molecular complexity index is 183. The first-order chi connectivity index (χ1) is 6.34. The number of carbonyl (C=O) groups excluding carboxylic acids is 1. The predicted molar refractivity (Wildman–Crippen MR) is 51.5 cm³/mol. The third-order valence-corrected chi connectivity index (χ3v) is 3.04. The molecule has 1 saturated heterocycles. The maximum atomic E-state index is 11.4. The van der Waals surface area contributed by atoms with Gasteiger partial charge < -0.3 is 5.32 Å². The van der Waals surface area contributed by atoms with Crippen molar-refractivity contribution in [2.75, 3.05) is 19.6 Å². The minimum absolute atomic E-state index is 0.228. The van der Waals surface area contributed by atoms with Crippen LogP contribution in [0, 0.1) is 0 Å². The number of hydrogen-bond donors (Lipinski definition) is 1. The fraction of sp³-hybridized carbons (Fsp3) is 0.900. The van der Waals surface area contributed by atoms with E-state index in [-0.39, 0.29) is 5.91 Å². The Hall–Kier alpha value is -0.570. The number of hydrogen-bond acceptors (Lipinski definition) is 2. The van der Waals surface area contributed by atoms with E-state index in [4.69, 9.17) is 0 Å². The molecule has 13 heavy (non-hydrogen) atoms. The molecule has 0 radical (unpaired) electrons. The lowest BCUT2D eigenvalue weighted by atomic mass is 10.2. The molecule has 0 aromatic heterocycles. The molecule has 0 atom stereocenters. The number of nitrogens with zero attached hydrogens (tertiary/aromatic N) is 1. The van der Waals surface area contributed by atoms with Gasteiger partial charge in [-0.15, -0.1) is 0 Å². The van der Waals surface area contributed by atoms with E-state index in [1.54, 1.807) is 0 Å². The summed E-state index contributed by atoms with van der Waals surface area (Å²) in [4.78, 5) is 13.6. The quantitative estimate of drug-likeness (QED) is 0.698. The molecule has 1 aliphatic carbocycles. The molecular weight excluding hydrogens is 164 g/mol. The molecule has 0 aromatic carbocycles. The van der Waals surface area contributed by atoms with Crippen molar-refractivity contribution in [3.05, 3.63) is 0 Å². The second kappa shape index (κ2) is 4.09. The Morgan fingerprint density at radius 2 is 1.92 bits per heavy atom. The van der Waals surface area contributed by atoms with Gasteiger partial charge in [0.25, 0.3) is 0 Å². The van der Waals surface area contributed by atoms with Crippen molar-refractivity contribution in [2.24, 2.45) is 0 Å². The zero-order valence-electron chi connectivity index (χ0n) is 8.09. The Kier molecular flexibility index (Phi) is 2.83. The molecule has 0 bridgehead atoms. The third-order valence-electron chi connectivity index (χ3n) is 3.04. The average molecular weight is 182 g/mol. The zero-order chi connectivity index (χ0) is 9.10. The lowest BCUT2D eigenvalue weighted by Crippen LogP contribution is -2.46. The van der Waals surface area contributed by atoms with Crippen molar-refractivity contribution in [3.8, 4) is 0 Å². The zero-order valence-corrected chi connectivity index (χ0v) is 8.09. The Labute approximate surface area is 79.5 Å². The molecule has 0 unspecified atom stereocenters. The second-order valence-corrected chi connectivity index (χ2v) is 4.18. The van der Waals surface area contributed by atoms with Gasteiger partial charge >= 0.3 is 0 Å². The van der Waals surface area contributed by atoms with Crippen LogP contribution in [0.25, 0.3) is 0 Å². The summed E-state index contributed by atoms with van der Waals surface area (Å²) in [5.74, 6) is 0.228. The van der Waals surface area contributed by atoms with E-state index in [2.05, 4.69) is 10.2 Å². The van der Waals surface area contributed by atoms with Crippen molar-refractivity contribution < 1.29 is 4.79 Å². The predicted octanol–water partition coefficient (Wildman–Crippen LogP) is 0.751. The monoisotopic (exact) mass is 182 g/mol. The summed E-state index contributed by atoms with van der Waals surface area (Å²) < 4.78 is 0. The molecule has 0 spiro atoms. The number of likely N-dealkylation sites (tertiary alicyclic amines) is 1. The fourth-order valence-corrected chi connectivity index (χ4v) is 2.09. The van der Waals surface area contributed by atoms with E-state index < -0.39 is 0 Å². The lowest BCUT2D eigenvalue weighted by Gasteiger charge is -2.30. The SMILES string of the molecule is O=C(CN1CCC1)NC1CCCC1. The van der Waals surface area contributed by atoms with Crippen LogP contribution < -0.4 is 5.32 Å².